The van der Waals surface area contributed by atoms with E-state index in [4.69, 9.17) is 11.6 Å². The van der Waals surface area contributed by atoms with Gasteiger partial charge < -0.3 is 0 Å². The van der Waals surface area contributed by atoms with Gasteiger partial charge in [-0.05, 0) is 25.0 Å². The molecule has 0 aliphatic heterocycles. The Morgan fingerprint density at radius 2 is 2.12 bits per heavy atom. The monoisotopic (exact) mass is 257 g/mol. The third-order valence-corrected chi connectivity index (χ3v) is 2.53. The quantitative estimate of drug-likeness (QED) is 0.789. The molecule has 90 valence electrons. The Morgan fingerprint density at radius 3 is 2.82 bits per heavy atom. The summed E-state index contributed by atoms with van der Waals surface area (Å²) in [5.41, 5.74) is 0.908. The lowest BCUT2D eigenvalue weighted by Crippen LogP contribution is -1.98. The van der Waals surface area contributed by atoms with E-state index in [2.05, 4.69) is 10.3 Å². The summed E-state index contributed by atoms with van der Waals surface area (Å²) in [6.07, 6.45) is 3.08. The second kappa shape index (κ2) is 5.23. The van der Waals surface area contributed by atoms with Crippen LogP contribution in [0.15, 0.2) is 24.4 Å². The van der Waals surface area contributed by atoms with Crippen LogP contribution in [0, 0.1) is 11.6 Å². The van der Waals surface area contributed by atoms with E-state index < -0.39 is 11.6 Å². The number of hydrogen-bond acceptors (Lipinski definition) is 2. The molecule has 0 saturated carbocycles. The van der Waals surface area contributed by atoms with Crippen molar-refractivity contribution in [3.05, 3.63) is 41.7 Å². The highest BCUT2D eigenvalue weighted by Crippen LogP contribution is 2.14. The molecule has 1 aromatic heterocycles. The molecule has 0 spiro atoms. The lowest BCUT2D eigenvalue weighted by molar-refractivity contribution is 0.572. The van der Waals surface area contributed by atoms with E-state index in [-0.39, 0.29) is 5.69 Å². The molecular formula is C11H10ClF2N3. The van der Waals surface area contributed by atoms with Crippen molar-refractivity contribution >= 4 is 11.6 Å². The third-order valence-electron chi connectivity index (χ3n) is 2.26. The van der Waals surface area contributed by atoms with Crippen LogP contribution in [0.5, 0.6) is 0 Å². The summed E-state index contributed by atoms with van der Waals surface area (Å²) in [6, 6.07) is 3.32. The van der Waals surface area contributed by atoms with Gasteiger partial charge in [0.2, 0.25) is 0 Å². The molecule has 6 heteroatoms. The summed E-state index contributed by atoms with van der Waals surface area (Å²) in [5.74, 6) is -0.745. The number of rotatable bonds is 4. The maximum absolute atomic E-state index is 13.4. The van der Waals surface area contributed by atoms with E-state index in [1.54, 1.807) is 6.20 Å². The number of aryl methyl sites for hydroxylation is 1. The van der Waals surface area contributed by atoms with Crippen molar-refractivity contribution in [3.63, 3.8) is 0 Å². The van der Waals surface area contributed by atoms with Crippen LogP contribution in [-0.4, -0.2) is 20.9 Å². The van der Waals surface area contributed by atoms with Gasteiger partial charge in [-0.1, -0.05) is 5.21 Å². The van der Waals surface area contributed by atoms with E-state index in [0.29, 0.717) is 12.3 Å². The summed E-state index contributed by atoms with van der Waals surface area (Å²) in [5, 5.41) is 7.68. The normalized spacial score (nSPS) is 10.8. The number of hydrogen-bond donors (Lipinski definition) is 0. The Hall–Kier alpha value is -1.49. The lowest BCUT2D eigenvalue weighted by atomic mass is 10.2. The minimum atomic E-state index is -0.668. The minimum Gasteiger partial charge on any atom is -0.217 e. The molecule has 0 unspecified atom stereocenters. The van der Waals surface area contributed by atoms with Gasteiger partial charge in [-0.2, -0.15) is 0 Å². The van der Waals surface area contributed by atoms with E-state index in [0.717, 1.165) is 18.2 Å². The predicted molar refractivity (Wildman–Crippen MR) is 60.3 cm³/mol. The molecule has 0 aliphatic rings. The first-order valence-electron chi connectivity index (χ1n) is 5.13. The molecule has 0 radical (unpaired) electrons. The Kier molecular flexibility index (Phi) is 3.68. The molecule has 0 N–H and O–H groups in total. The molecule has 0 amide bonds. The number of nitrogens with zero attached hydrogens (tertiary/aromatic N) is 3. The third kappa shape index (κ3) is 2.79. The molecule has 1 aromatic carbocycles. The highest BCUT2D eigenvalue weighted by Gasteiger charge is 2.08. The van der Waals surface area contributed by atoms with Gasteiger partial charge in [0.25, 0.3) is 0 Å². The number of alkyl halides is 1. The fourth-order valence-corrected chi connectivity index (χ4v) is 1.58. The maximum Gasteiger partial charge on any atom is 0.151 e. The van der Waals surface area contributed by atoms with E-state index in [9.17, 15) is 8.78 Å². The van der Waals surface area contributed by atoms with E-state index >= 15 is 0 Å². The Balaban J connectivity index is 2.24. The molecule has 0 saturated heterocycles. The zero-order valence-corrected chi connectivity index (χ0v) is 9.66. The fourth-order valence-electron chi connectivity index (χ4n) is 1.45. The molecule has 3 nitrogen and oxygen atoms in total. The van der Waals surface area contributed by atoms with Crippen molar-refractivity contribution in [2.75, 3.05) is 5.88 Å². The fraction of sp³-hybridized carbons (Fsp3) is 0.273. The summed E-state index contributed by atoms with van der Waals surface area (Å²) >= 11 is 5.56. The van der Waals surface area contributed by atoms with Gasteiger partial charge in [-0.15, -0.1) is 16.7 Å². The van der Waals surface area contributed by atoms with Crippen LogP contribution in [0.2, 0.25) is 0 Å². The highest BCUT2D eigenvalue weighted by atomic mass is 35.5. The van der Waals surface area contributed by atoms with Crippen molar-refractivity contribution in [2.45, 2.75) is 12.8 Å². The maximum atomic E-state index is 13.4. The van der Waals surface area contributed by atoms with Crippen LogP contribution >= 0.6 is 11.6 Å². The molecule has 0 aliphatic carbocycles. The lowest BCUT2D eigenvalue weighted by Gasteiger charge is -2.01. The standard InChI is InChI=1S/C11H10ClF2N3/c12-5-1-2-9-7-17(16-15-9)11-4-3-8(13)6-10(11)14/h3-4,6-7H,1-2,5H2. The van der Waals surface area contributed by atoms with Crippen molar-refractivity contribution in [1.29, 1.82) is 0 Å². The van der Waals surface area contributed by atoms with Crippen molar-refractivity contribution in [2.24, 2.45) is 0 Å². The second-order valence-corrected chi connectivity index (χ2v) is 3.92. The number of aromatic nitrogens is 3. The number of halogens is 3. The van der Waals surface area contributed by atoms with Gasteiger partial charge in [0.15, 0.2) is 5.82 Å². The van der Waals surface area contributed by atoms with Crippen LogP contribution in [-0.2, 0) is 6.42 Å². The summed E-state index contributed by atoms with van der Waals surface area (Å²) in [6.45, 7) is 0. The van der Waals surface area contributed by atoms with E-state index in [1.165, 1.54) is 16.8 Å². The van der Waals surface area contributed by atoms with Crippen LogP contribution in [0.25, 0.3) is 5.69 Å². The van der Waals surface area contributed by atoms with Gasteiger partial charge in [0.1, 0.15) is 11.5 Å². The largest absolute Gasteiger partial charge is 0.217 e. The van der Waals surface area contributed by atoms with Crippen molar-refractivity contribution in [3.8, 4) is 5.69 Å². The van der Waals surface area contributed by atoms with Gasteiger partial charge in [0.05, 0.1) is 11.9 Å². The van der Waals surface area contributed by atoms with Crippen LogP contribution in [0.3, 0.4) is 0 Å². The Morgan fingerprint density at radius 1 is 1.29 bits per heavy atom. The SMILES string of the molecule is Fc1ccc(-n2cc(CCCCl)nn2)c(F)c1. The molecular weight excluding hydrogens is 248 g/mol. The van der Waals surface area contributed by atoms with Gasteiger partial charge in [0, 0.05) is 11.9 Å². The first-order chi connectivity index (χ1) is 8.20. The average molecular weight is 258 g/mol. The van der Waals surface area contributed by atoms with Gasteiger partial charge >= 0.3 is 0 Å². The summed E-state index contributed by atoms with van der Waals surface area (Å²) in [4.78, 5) is 0. The zero-order valence-electron chi connectivity index (χ0n) is 8.91. The highest BCUT2D eigenvalue weighted by molar-refractivity contribution is 6.17. The van der Waals surface area contributed by atoms with Crippen LogP contribution in [0.1, 0.15) is 12.1 Å². The molecule has 17 heavy (non-hydrogen) atoms. The molecule has 0 atom stereocenters. The van der Waals surface area contributed by atoms with Gasteiger partial charge in [-0.3, -0.25) is 0 Å². The Bertz CT molecular complexity index is 513. The molecule has 1 heterocycles. The van der Waals surface area contributed by atoms with Crippen molar-refractivity contribution < 1.29 is 8.78 Å². The van der Waals surface area contributed by atoms with Crippen molar-refractivity contribution in [1.82, 2.24) is 15.0 Å². The first-order valence-corrected chi connectivity index (χ1v) is 5.67. The zero-order chi connectivity index (χ0) is 12.3. The molecule has 0 fully saturated rings. The molecule has 0 bridgehead atoms. The topological polar surface area (TPSA) is 30.7 Å². The van der Waals surface area contributed by atoms with E-state index in [1.807, 2.05) is 0 Å². The van der Waals surface area contributed by atoms with Gasteiger partial charge in [-0.25, -0.2) is 13.5 Å². The molecule has 2 rings (SSSR count). The molecule has 2 aromatic rings. The Labute approximate surface area is 102 Å². The summed E-state index contributed by atoms with van der Waals surface area (Å²) in [7, 11) is 0. The number of benzene rings is 1. The first kappa shape index (κ1) is 12.0. The summed E-state index contributed by atoms with van der Waals surface area (Å²) < 4.78 is 27.5. The average Bonchev–Trinajstić information content (AvgIpc) is 2.75. The smallest absolute Gasteiger partial charge is 0.151 e. The van der Waals surface area contributed by atoms with Crippen LogP contribution in [0.4, 0.5) is 8.78 Å². The predicted octanol–water partition coefficient (Wildman–Crippen LogP) is 2.72. The van der Waals surface area contributed by atoms with Crippen LogP contribution < -0.4 is 0 Å². The second-order valence-electron chi connectivity index (χ2n) is 3.54. The minimum absolute atomic E-state index is 0.177.